The summed E-state index contributed by atoms with van der Waals surface area (Å²) in [6, 6.07) is 0. The van der Waals surface area contributed by atoms with E-state index in [4.69, 9.17) is 0 Å². The first-order valence-electron chi connectivity index (χ1n) is 3.97. The average molecular weight is 124 g/mol. The molecule has 0 heterocycles. The number of hydrogen-bond donors (Lipinski definition) is 0. The molecular formula is C9H16. The molecule has 0 bridgehead atoms. The number of rotatable bonds is 1. The Kier molecular flexibility index (Phi) is 2.32. The molecule has 52 valence electrons. The molecule has 2 unspecified atom stereocenters. The van der Waals surface area contributed by atoms with Crippen LogP contribution >= 0.6 is 0 Å². The second-order valence-corrected chi connectivity index (χ2v) is 3.10. The van der Waals surface area contributed by atoms with Crippen LogP contribution in [0.1, 0.15) is 33.1 Å². The van der Waals surface area contributed by atoms with Gasteiger partial charge in [-0.15, -0.1) is 0 Å². The lowest BCUT2D eigenvalue weighted by Crippen LogP contribution is -1.98. The molecule has 0 aromatic heterocycles. The van der Waals surface area contributed by atoms with Crippen molar-refractivity contribution < 1.29 is 0 Å². The lowest BCUT2D eigenvalue weighted by Gasteiger charge is -2.07. The van der Waals surface area contributed by atoms with Crippen molar-refractivity contribution in [1.82, 2.24) is 0 Å². The van der Waals surface area contributed by atoms with Crippen LogP contribution in [0.15, 0.2) is 12.2 Å². The molecule has 0 radical (unpaired) electrons. The Morgan fingerprint density at radius 1 is 1.33 bits per heavy atom. The predicted octanol–water partition coefficient (Wildman–Crippen LogP) is 3.00. The first kappa shape index (κ1) is 6.85. The molecule has 0 N–H and O–H groups in total. The van der Waals surface area contributed by atoms with E-state index in [1.54, 1.807) is 0 Å². The van der Waals surface area contributed by atoms with Crippen LogP contribution in [0.3, 0.4) is 0 Å². The fourth-order valence-electron chi connectivity index (χ4n) is 1.71. The molecular weight excluding hydrogens is 108 g/mol. The van der Waals surface area contributed by atoms with Crippen LogP contribution in [0, 0.1) is 11.8 Å². The highest BCUT2D eigenvalue weighted by molar-refractivity contribution is 4.91. The van der Waals surface area contributed by atoms with E-state index in [1.807, 2.05) is 0 Å². The Labute approximate surface area is 58.0 Å². The molecule has 1 aliphatic carbocycles. The van der Waals surface area contributed by atoms with Crippen LogP contribution < -0.4 is 0 Å². The Morgan fingerprint density at radius 3 is 2.56 bits per heavy atom. The summed E-state index contributed by atoms with van der Waals surface area (Å²) in [4.78, 5) is 0. The summed E-state index contributed by atoms with van der Waals surface area (Å²) >= 11 is 0. The van der Waals surface area contributed by atoms with Crippen molar-refractivity contribution in [2.24, 2.45) is 11.8 Å². The van der Waals surface area contributed by atoms with Gasteiger partial charge in [0.1, 0.15) is 0 Å². The van der Waals surface area contributed by atoms with E-state index in [1.165, 1.54) is 19.3 Å². The third kappa shape index (κ3) is 1.57. The van der Waals surface area contributed by atoms with Gasteiger partial charge in [-0.1, -0.05) is 31.9 Å². The van der Waals surface area contributed by atoms with Gasteiger partial charge < -0.3 is 0 Å². The summed E-state index contributed by atoms with van der Waals surface area (Å²) in [6.45, 7) is 4.47. The maximum atomic E-state index is 2.36. The van der Waals surface area contributed by atoms with Crippen molar-refractivity contribution in [3.8, 4) is 0 Å². The van der Waals surface area contributed by atoms with Gasteiger partial charge in [0.25, 0.3) is 0 Å². The van der Waals surface area contributed by atoms with Gasteiger partial charge in [0.05, 0.1) is 0 Å². The van der Waals surface area contributed by atoms with Gasteiger partial charge in [0.15, 0.2) is 0 Å². The minimum Gasteiger partial charge on any atom is -0.0914 e. The maximum absolute atomic E-state index is 2.36. The Balaban J connectivity index is 2.39. The maximum Gasteiger partial charge on any atom is -0.0208 e. The smallest absolute Gasteiger partial charge is 0.0208 e. The topological polar surface area (TPSA) is 0 Å². The van der Waals surface area contributed by atoms with Gasteiger partial charge in [0.2, 0.25) is 0 Å². The molecule has 0 nitrogen and oxygen atoms in total. The lowest BCUT2D eigenvalue weighted by molar-refractivity contribution is 0.503. The zero-order chi connectivity index (χ0) is 6.69. The fourth-order valence-corrected chi connectivity index (χ4v) is 1.71. The second kappa shape index (κ2) is 3.05. The molecule has 0 spiro atoms. The molecule has 9 heavy (non-hydrogen) atoms. The van der Waals surface area contributed by atoms with Crippen LogP contribution in [0.5, 0.6) is 0 Å². The van der Waals surface area contributed by atoms with Crippen molar-refractivity contribution >= 4 is 0 Å². The molecule has 0 aromatic carbocycles. The summed E-state index contributed by atoms with van der Waals surface area (Å²) in [5, 5.41) is 0. The van der Waals surface area contributed by atoms with Gasteiger partial charge >= 0.3 is 0 Å². The molecule has 0 heteroatoms. The van der Waals surface area contributed by atoms with Crippen molar-refractivity contribution in [3.63, 3.8) is 0 Å². The summed E-state index contributed by atoms with van der Waals surface area (Å²) in [5.74, 6) is 1.84. The number of allylic oxidation sites excluding steroid dienone is 2. The second-order valence-electron chi connectivity index (χ2n) is 3.10. The van der Waals surface area contributed by atoms with E-state index in [9.17, 15) is 0 Å². The van der Waals surface area contributed by atoms with Crippen LogP contribution in [-0.2, 0) is 0 Å². The number of hydrogen-bond acceptors (Lipinski definition) is 0. The molecule has 0 saturated heterocycles. The molecule has 1 saturated carbocycles. The highest BCUT2D eigenvalue weighted by Gasteiger charge is 2.19. The summed E-state index contributed by atoms with van der Waals surface area (Å²) in [7, 11) is 0. The van der Waals surface area contributed by atoms with Crippen LogP contribution in [0.4, 0.5) is 0 Å². The van der Waals surface area contributed by atoms with E-state index < -0.39 is 0 Å². The van der Waals surface area contributed by atoms with E-state index in [0.29, 0.717) is 0 Å². The van der Waals surface area contributed by atoms with Gasteiger partial charge in [-0.2, -0.15) is 0 Å². The summed E-state index contributed by atoms with van der Waals surface area (Å²) < 4.78 is 0. The van der Waals surface area contributed by atoms with Crippen molar-refractivity contribution in [2.45, 2.75) is 33.1 Å². The van der Waals surface area contributed by atoms with E-state index >= 15 is 0 Å². The minimum atomic E-state index is 0.898. The van der Waals surface area contributed by atoms with Crippen LogP contribution in [0.2, 0.25) is 0 Å². The Bertz CT molecular complexity index is 103. The SMILES string of the molecule is CC=CC1CCCC1C. The molecule has 0 amide bonds. The zero-order valence-corrected chi connectivity index (χ0v) is 6.43. The van der Waals surface area contributed by atoms with E-state index in [2.05, 4.69) is 26.0 Å². The highest BCUT2D eigenvalue weighted by Crippen LogP contribution is 2.31. The van der Waals surface area contributed by atoms with Crippen LogP contribution in [-0.4, -0.2) is 0 Å². The average Bonchev–Trinajstić information content (AvgIpc) is 2.18. The Hall–Kier alpha value is -0.260. The quantitative estimate of drug-likeness (QED) is 0.471. The lowest BCUT2D eigenvalue weighted by atomic mass is 9.98. The zero-order valence-electron chi connectivity index (χ0n) is 6.43. The largest absolute Gasteiger partial charge is 0.0914 e. The van der Waals surface area contributed by atoms with Crippen molar-refractivity contribution in [1.29, 1.82) is 0 Å². The van der Waals surface area contributed by atoms with E-state index in [0.717, 1.165) is 11.8 Å². The van der Waals surface area contributed by atoms with Gasteiger partial charge in [0, 0.05) is 0 Å². The van der Waals surface area contributed by atoms with Crippen molar-refractivity contribution in [3.05, 3.63) is 12.2 Å². The van der Waals surface area contributed by atoms with Gasteiger partial charge in [-0.3, -0.25) is 0 Å². The monoisotopic (exact) mass is 124 g/mol. The fraction of sp³-hybridized carbons (Fsp3) is 0.778. The first-order chi connectivity index (χ1) is 4.34. The van der Waals surface area contributed by atoms with E-state index in [-0.39, 0.29) is 0 Å². The third-order valence-corrected chi connectivity index (χ3v) is 2.37. The molecule has 0 aromatic rings. The minimum absolute atomic E-state index is 0.898. The normalized spacial score (nSPS) is 36.2. The molecule has 1 rings (SSSR count). The molecule has 2 atom stereocenters. The van der Waals surface area contributed by atoms with Crippen molar-refractivity contribution in [2.75, 3.05) is 0 Å². The molecule has 0 aliphatic heterocycles. The van der Waals surface area contributed by atoms with Crippen LogP contribution in [0.25, 0.3) is 0 Å². The standard InChI is InChI=1S/C9H16/c1-3-5-9-7-4-6-8(9)2/h3,5,8-9H,4,6-7H2,1-2H3. The van der Waals surface area contributed by atoms with Gasteiger partial charge in [-0.25, -0.2) is 0 Å². The Morgan fingerprint density at radius 2 is 2.11 bits per heavy atom. The summed E-state index contributed by atoms with van der Waals surface area (Å²) in [5.41, 5.74) is 0. The first-order valence-corrected chi connectivity index (χ1v) is 3.97. The molecule has 1 aliphatic rings. The predicted molar refractivity (Wildman–Crippen MR) is 41.3 cm³/mol. The third-order valence-electron chi connectivity index (χ3n) is 2.37. The molecule has 1 fully saturated rings. The highest BCUT2D eigenvalue weighted by atomic mass is 14.2. The summed E-state index contributed by atoms with van der Waals surface area (Å²) in [6.07, 6.45) is 8.85. The van der Waals surface area contributed by atoms with Gasteiger partial charge in [-0.05, 0) is 25.2 Å².